The van der Waals surface area contributed by atoms with Gasteiger partial charge in [-0.2, -0.15) is 5.10 Å². The van der Waals surface area contributed by atoms with Crippen molar-refractivity contribution in [3.8, 4) is 22.8 Å². The molecule has 0 saturated heterocycles. The van der Waals surface area contributed by atoms with Crippen LogP contribution in [0.2, 0.25) is 0 Å². The van der Waals surface area contributed by atoms with Crippen LogP contribution in [0.1, 0.15) is 10.4 Å². The van der Waals surface area contributed by atoms with Crippen molar-refractivity contribution in [3.63, 3.8) is 0 Å². The third kappa shape index (κ3) is 2.84. The number of carbonyl (C=O) groups excluding carboxylic acids is 1. The molecule has 0 aliphatic carbocycles. The van der Waals surface area contributed by atoms with Gasteiger partial charge in [0, 0.05) is 11.6 Å². The van der Waals surface area contributed by atoms with Crippen LogP contribution in [-0.4, -0.2) is 30.3 Å². The third-order valence-corrected chi connectivity index (χ3v) is 2.86. The summed E-state index contributed by atoms with van der Waals surface area (Å²) in [4.78, 5) is 23.1. The van der Waals surface area contributed by atoms with Gasteiger partial charge in [-0.05, 0) is 18.2 Å². The molecule has 0 aliphatic heterocycles. The molecule has 8 heteroatoms. The van der Waals surface area contributed by atoms with Crippen molar-refractivity contribution in [1.29, 1.82) is 0 Å². The van der Waals surface area contributed by atoms with E-state index in [0.29, 0.717) is 22.8 Å². The van der Waals surface area contributed by atoms with E-state index in [4.69, 9.17) is 15.3 Å². The number of nitrogens with zero attached hydrogens (tertiary/aromatic N) is 1. The van der Waals surface area contributed by atoms with E-state index in [1.807, 2.05) is 5.43 Å². The van der Waals surface area contributed by atoms with E-state index in [1.165, 1.54) is 20.3 Å². The molecule has 1 amide bonds. The molecule has 1 aromatic heterocycles. The number of nitrogens with one attached hydrogen (secondary N) is 2. The van der Waals surface area contributed by atoms with Crippen LogP contribution in [-0.2, 0) is 0 Å². The Bertz CT molecular complexity index is 726. The normalized spacial score (nSPS) is 10.0. The fraction of sp³-hybridized carbons (Fsp3) is 0.154. The lowest BCUT2D eigenvalue weighted by molar-refractivity contribution is 0.0952. The second-order valence-corrected chi connectivity index (χ2v) is 4.04. The highest BCUT2D eigenvalue weighted by atomic mass is 16.5. The number of hydrazine groups is 1. The van der Waals surface area contributed by atoms with Crippen molar-refractivity contribution in [3.05, 3.63) is 40.2 Å². The maximum absolute atomic E-state index is 11.6. The Morgan fingerprint density at radius 1 is 1.29 bits per heavy atom. The minimum absolute atomic E-state index is 0.139. The predicted molar refractivity (Wildman–Crippen MR) is 75.1 cm³/mol. The van der Waals surface area contributed by atoms with Crippen LogP contribution in [0.4, 0.5) is 0 Å². The Hall–Kier alpha value is -2.87. The molecule has 0 aliphatic rings. The molecule has 2 aromatic rings. The summed E-state index contributed by atoms with van der Waals surface area (Å²) >= 11 is 0. The predicted octanol–water partition coefficient (Wildman–Crippen LogP) is 0.0576. The van der Waals surface area contributed by atoms with E-state index in [0.717, 1.165) is 0 Å². The molecular weight excluding hydrogens is 276 g/mol. The maximum atomic E-state index is 11.6. The van der Waals surface area contributed by atoms with Crippen LogP contribution in [0.5, 0.6) is 11.5 Å². The van der Waals surface area contributed by atoms with Gasteiger partial charge in [0.1, 0.15) is 17.1 Å². The lowest BCUT2D eigenvalue weighted by Gasteiger charge is -2.10. The van der Waals surface area contributed by atoms with E-state index in [9.17, 15) is 9.59 Å². The molecule has 110 valence electrons. The van der Waals surface area contributed by atoms with E-state index >= 15 is 0 Å². The van der Waals surface area contributed by atoms with Crippen LogP contribution in [0.15, 0.2) is 29.1 Å². The number of ether oxygens (including phenoxy) is 2. The largest absolute Gasteiger partial charge is 0.497 e. The van der Waals surface area contributed by atoms with Crippen LogP contribution < -0.4 is 26.3 Å². The molecule has 21 heavy (non-hydrogen) atoms. The highest BCUT2D eigenvalue weighted by molar-refractivity contribution is 5.94. The Morgan fingerprint density at radius 3 is 2.67 bits per heavy atom. The van der Waals surface area contributed by atoms with E-state index in [1.54, 1.807) is 18.2 Å². The van der Waals surface area contributed by atoms with E-state index in [-0.39, 0.29) is 5.56 Å². The molecule has 0 unspecified atom stereocenters. The molecule has 2 rings (SSSR count). The fourth-order valence-corrected chi connectivity index (χ4v) is 1.80. The summed E-state index contributed by atoms with van der Waals surface area (Å²) in [5.74, 6) is 5.44. The van der Waals surface area contributed by atoms with Crippen molar-refractivity contribution >= 4 is 5.91 Å². The molecule has 4 N–H and O–H groups in total. The number of hydrogen-bond acceptors (Lipinski definition) is 6. The number of H-pyrrole nitrogens is 1. The number of rotatable bonds is 4. The number of nitrogens with two attached hydrogens (primary N) is 1. The van der Waals surface area contributed by atoms with Crippen LogP contribution in [0.3, 0.4) is 0 Å². The number of aromatic amines is 1. The van der Waals surface area contributed by atoms with Gasteiger partial charge in [-0.3, -0.25) is 15.0 Å². The highest BCUT2D eigenvalue weighted by Crippen LogP contribution is 2.31. The van der Waals surface area contributed by atoms with Gasteiger partial charge in [-0.1, -0.05) is 0 Å². The molecule has 0 spiro atoms. The molecule has 0 radical (unpaired) electrons. The van der Waals surface area contributed by atoms with Gasteiger partial charge >= 0.3 is 0 Å². The Balaban J connectivity index is 2.57. The zero-order valence-corrected chi connectivity index (χ0v) is 11.5. The van der Waals surface area contributed by atoms with Crippen molar-refractivity contribution in [2.45, 2.75) is 0 Å². The first-order chi connectivity index (χ1) is 10.1. The average molecular weight is 290 g/mol. The van der Waals surface area contributed by atoms with Gasteiger partial charge in [0.15, 0.2) is 0 Å². The lowest BCUT2D eigenvalue weighted by atomic mass is 10.1. The number of benzene rings is 1. The molecule has 0 fully saturated rings. The third-order valence-electron chi connectivity index (χ3n) is 2.86. The first-order valence-electron chi connectivity index (χ1n) is 5.93. The topological polar surface area (TPSA) is 119 Å². The Labute approximate surface area is 119 Å². The summed E-state index contributed by atoms with van der Waals surface area (Å²) < 4.78 is 10.4. The second-order valence-electron chi connectivity index (χ2n) is 4.04. The summed E-state index contributed by atoms with van der Waals surface area (Å²) in [5.41, 5.74) is 2.11. The van der Waals surface area contributed by atoms with Gasteiger partial charge in [-0.25, -0.2) is 10.9 Å². The molecule has 0 atom stereocenters. The minimum atomic E-state index is -0.702. The number of aromatic nitrogens is 2. The number of nitrogen functional groups attached to an aromatic ring is 1. The second kappa shape index (κ2) is 6.06. The van der Waals surface area contributed by atoms with Crippen molar-refractivity contribution in [2.75, 3.05) is 14.2 Å². The molecule has 0 bridgehead atoms. The Morgan fingerprint density at radius 2 is 2.05 bits per heavy atom. The monoisotopic (exact) mass is 290 g/mol. The number of methoxy groups -OCH3 is 2. The smallest absolute Gasteiger partial charge is 0.277 e. The summed E-state index contributed by atoms with van der Waals surface area (Å²) in [6.45, 7) is 0. The van der Waals surface area contributed by atoms with Crippen LogP contribution in [0, 0.1) is 0 Å². The summed E-state index contributed by atoms with van der Waals surface area (Å²) in [5, 5.41) is 6.16. The van der Waals surface area contributed by atoms with Crippen molar-refractivity contribution < 1.29 is 14.3 Å². The number of amides is 1. The van der Waals surface area contributed by atoms with Gasteiger partial charge in [0.2, 0.25) is 0 Å². The van der Waals surface area contributed by atoms with Crippen molar-refractivity contribution in [2.24, 2.45) is 5.84 Å². The quantitative estimate of drug-likeness (QED) is 0.416. The maximum Gasteiger partial charge on any atom is 0.277 e. The summed E-state index contributed by atoms with van der Waals surface area (Å²) in [7, 11) is 3.04. The molecule has 8 nitrogen and oxygen atoms in total. The number of hydrogen-bond donors (Lipinski definition) is 3. The van der Waals surface area contributed by atoms with Crippen LogP contribution >= 0.6 is 0 Å². The summed E-state index contributed by atoms with van der Waals surface area (Å²) in [6, 6.07) is 6.44. The van der Waals surface area contributed by atoms with E-state index < -0.39 is 11.5 Å². The van der Waals surface area contributed by atoms with E-state index in [2.05, 4.69) is 10.2 Å². The SMILES string of the molecule is COc1ccc(-c2cc(C(=O)NN)c(=O)[nH]n2)c(OC)c1. The zero-order chi connectivity index (χ0) is 15.4. The average Bonchev–Trinajstić information content (AvgIpc) is 2.54. The molecule has 1 aromatic carbocycles. The zero-order valence-electron chi connectivity index (χ0n) is 11.5. The Kier molecular flexibility index (Phi) is 4.19. The van der Waals surface area contributed by atoms with Gasteiger partial charge in [0.25, 0.3) is 11.5 Å². The standard InChI is InChI=1S/C13H14N4O4/c1-20-7-3-4-8(11(5-7)21-2)10-6-9(12(18)15-14)13(19)17-16-10/h3-6H,14H2,1-2H3,(H,15,18)(H,17,19). The lowest BCUT2D eigenvalue weighted by Crippen LogP contribution is -2.34. The first-order valence-corrected chi connectivity index (χ1v) is 5.93. The first kappa shape index (κ1) is 14.5. The number of carbonyl (C=O) groups is 1. The molecular formula is C13H14N4O4. The van der Waals surface area contributed by atoms with Gasteiger partial charge in [0.05, 0.1) is 19.9 Å². The highest BCUT2D eigenvalue weighted by Gasteiger charge is 2.15. The minimum Gasteiger partial charge on any atom is -0.497 e. The molecule has 0 saturated carbocycles. The van der Waals surface area contributed by atoms with Gasteiger partial charge in [-0.15, -0.1) is 0 Å². The fourth-order valence-electron chi connectivity index (χ4n) is 1.80. The van der Waals surface area contributed by atoms with Crippen LogP contribution in [0.25, 0.3) is 11.3 Å². The van der Waals surface area contributed by atoms with Crippen molar-refractivity contribution in [1.82, 2.24) is 15.6 Å². The molecule has 1 heterocycles. The van der Waals surface area contributed by atoms with Gasteiger partial charge < -0.3 is 9.47 Å². The summed E-state index contributed by atoms with van der Waals surface area (Å²) in [6.07, 6.45) is 0.